The zero-order valence-electron chi connectivity index (χ0n) is 34.5. The van der Waals surface area contributed by atoms with E-state index < -0.39 is 51.1 Å². The topological polar surface area (TPSA) is 172 Å². The molecule has 0 aromatic carbocycles. The highest BCUT2D eigenvalue weighted by molar-refractivity contribution is 7.47. The van der Waals surface area contributed by atoms with E-state index in [1.807, 2.05) is 0 Å². The molecular formula is C43H78NO10P. The Morgan fingerprint density at radius 1 is 0.564 bits per heavy atom. The number of esters is 2. The van der Waals surface area contributed by atoms with E-state index in [1.165, 1.54) is 96.3 Å². The van der Waals surface area contributed by atoms with Crippen molar-refractivity contribution in [3.8, 4) is 0 Å². The molecule has 0 aromatic rings. The second-order valence-corrected chi connectivity index (χ2v) is 15.9. The number of ether oxygens (including phenoxy) is 2. The van der Waals surface area contributed by atoms with Crippen LogP contribution in [0, 0.1) is 0 Å². The number of rotatable bonds is 40. The fraction of sp³-hybridized carbons (Fsp3) is 0.791. The number of phosphoric ester groups is 1. The van der Waals surface area contributed by atoms with Crippen molar-refractivity contribution in [3.05, 3.63) is 36.5 Å². The molecule has 11 nitrogen and oxygen atoms in total. The molecule has 55 heavy (non-hydrogen) atoms. The second-order valence-electron chi connectivity index (χ2n) is 14.5. The molecule has 4 N–H and O–H groups in total. The molecule has 0 heterocycles. The zero-order valence-corrected chi connectivity index (χ0v) is 35.4. The molecule has 0 aliphatic heterocycles. The average Bonchev–Trinajstić information content (AvgIpc) is 3.16. The van der Waals surface area contributed by atoms with Crippen molar-refractivity contribution in [2.24, 2.45) is 5.73 Å². The van der Waals surface area contributed by atoms with E-state index in [4.69, 9.17) is 24.8 Å². The van der Waals surface area contributed by atoms with Crippen molar-refractivity contribution in [1.82, 2.24) is 0 Å². The van der Waals surface area contributed by atoms with Crippen molar-refractivity contribution in [1.29, 1.82) is 0 Å². The van der Waals surface area contributed by atoms with Crippen LogP contribution in [0.5, 0.6) is 0 Å². The van der Waals surface area contributed by atoms with Gasteiger partial charge in [0.15, 0.2) is 6.10 Å². The van der Waals surface area contributed by atoms with E-state index >= 15 is 0 Å². The number of carbonyl (C=O) groups is 3. The lowest BCUT2D eigenvalue weighted by atomic mass is 10.0. The summed E-state index contributed by atoms with van der Waals surface area (Å²) in [6.45, 7) is 2.74. The van der Waals surface area contributed by atoms with Crippen molar-refractivity contribution >= 4 is 25.7 Å². The minimum atomic E-state index is -4.72. The number of carbonyl (C=O) groups excluding carboxylic acids is 2. The fourth-order valence-electron chi connectivity index (χ4n) is 5.72. The Labute approximate surface area is 333 Å². The first kappa shape index (κ1) is 52.7. The van der Waals surface area contributed by atoms with Crippen molar-refractivity contribution < 1.29 is 47.5 Å². The summed E-state index contributed by atoms with van der Waals surface area (Å²) in [5, 5.41) is 8.88. The highest BCUT2D eigenvalue weighted by atomic mass is 31.2. The molecular weight excluding hydrogens is 721 g/mol. The van der Waals surface area contributed by atoms with Crippen LogP contribution in [0.4, 0.5) is 0 Å². The summed E-state index contributed by atoms with van der Waals surface area (Å²) in [5.41, 5.74) is 5.33. The molecule has 0 amide bonds. The van der Waals surface area contributed by atoms with Crippen LogP contribution in [0.2, 0.25) is 0 Å². The van der Waals surface area contributed by atoms with E-state index in [0.717, 1.165) is 51.4 Å². The molecule has 0 saturated carbocycles. The molecule has 1 unspecified atom stereocenters. The summed E-state index contributed by atoms with van der Waals surface area (Å²) in [6, 6.07) is -1.52. The van der Waals surface area contributed by atoms with Gasteiger partial charge in [-0.15, -0.1) is 0 Å². The Bertz CT molecular complexity index is 1080. The lowest BCUT2D eigenvalue weighted by Crippen LogP contribution is -2.34. The molecule has 0 radical (unpaired) electrons. The predicted octanol–water partition coefficient (Wildman–Crippen LogP) is 11.2. The third-order valence-electron chi connectivity index (χ3n) is 9.14. The standard InChI is InChI=1S/C43H78NO10P/c1-3-5-7-9-11-13-15-17-19-21-23-25-27-29-31-33-35-42(46)54-39(37-52-55(49,50)53-38-40(44)43(47)48)36-51-41(45)34-32-30-28-26-24-22-20-18-16-14-12-10-8-6-4-2/h12,14,18,20,24,26,39-40H,3-11,13,15-17,19,21-23,25,27-38,44H2,1-2H3,(H,47,48)(H,49,50)/b14-12-,20-18-,26-24-/t39-,40+/m1/s1. The van der Waals surface area contributed by atoms with Crippen LogP contribution in [0.15, 0.2) is 36.5 Å². The van der Waals surface area contributed by atoms with Crippen LogP contribution in [-0.4, -0.2) is 59.9 Å². The third kappa shape index (κ3) is 38.4. The number of aliphatic carboxylic acids is 1. The molecule has 12 heteroatoms. The van der Waals surface area contributed by atoms with Gasteiger partial charge in [0, 0.05) is 12.8 Å². The lowest BCUT2D eigenvalue weighted by Gasteiger charge is -2.20. The molecule has 0 aromatic heterocycles. The van der Waals surface area contributed by atoms with Gasteiger partial charge in [-0.05, 0) is 51.4 Å². The Hall–Kier alpha value is -2.30. The van der Waals surface area contributed by atoms with Gasteiger partial charge in [0.05, 0.1) is 13.2 Å². The monoisotopic (exact) mass is 800 g/mol. The maximum Gasteiger partial charge on any atom is 0.472 e. The van der Waals surface area contributed by atoms with Gasteiger partial charge in [-0.1, -0.05) is 159 Å². The Morgan fingerprint density at radius 2 is 0.964 bits per heavy atom. The number of carboxylic acid groups (broad SMARTS) is 1. The summed E-state index contributed by atoms with van der Waals surface area (Å²) in [6.07, 6.45) is 40.7. The lowest BCUT2D eigenvalue weighted by molar-refractivity contribution is -0.161. The van der Waals surface area contributed by atoms with Crippen LogP contribution < -0.4 is 5.73 Å². The maximum atomic E-state index is 12.6. The van der Waals surface area contributed by atoms with Crippen LogP contribution in [0.25, 0.3) is 0 Å². The summed E-state index contributed by atoms with van der Waals surface area (Å²) in [7, 11) is -4.72. The first-order valence-corrected chi connectivity index (χ1v) is 23.0. The quantitative estimate of drug-likeness (QED) is 0.0233. The highest BCUT2D eigenvalue weighted by Gasteiger charge is 2.28. The predicted molar refractivity (Wildman–Crippen MR) is 222 cm³/mol. The van der Waals surface area contributed by atoms with Gasteiger partial charge in [0.1, 0.15) is 12.6 Å². The molecule has 320 valence electrons. The van der Waals surface area contributed by atoms with Crippen molar-refractivity contribution in [2.75, 3.05) is 19.8 Å². The number of nitrogens with two attached hydrogens (primary N) is 1. The molecule has 3 atom stereocenters. The SMILES string of the molecule is CCCCC/C=C\C/C=C\C/C=C\CCCCC(=O)OC[C@H](COP(=O)(O)OC[C@H](N)C(=O)O)OC(=O)CCCCCCCCCCCCCCCCCC. The van der Waals surface area contributed by atoms with E-state index in [-0.39, 0.29) is 19.4 Å². The summed E-state index contributed by atoms with van der Waals surface area (Å²) >= 11 is 0. The molecule has 0 aliphatic carbocycles. The minimum absolute atomic E-state index is 0.156. The van der Waals surface area contributed by atoms with Gasteiger partial charge in [0.25, 0.3) is 0 Å². The number of phosphoric acid groups is 1. The van der Waals surface area contributed by atoms with Crippen LogP contribution >= 0.6 is 7.82 Å². The van der Waals surface area contributed by atoms with E-state index in [0.29, 0.717) is 12.8 Å². The molecule has 0 saturated heterocycles. The molecule has 0 aliphatic rings. The number of allylic oxidation sites excluding steroid dienone is 6. The van der Waals surface area contributed by atoms with Gasteiger partial charge >= 0.3 is 25.7 Å². The van der Waals surface area contributed by atoms with E-state index in [2.05, 4.69) is 54.8 Å². The van der Waals surface area contributed by atoms with Gasteiger partial charge in [0.2, 0.25) is 0 Å². The second kappa shape index (κ2) is 38.6. The van der Waals surface area contributed by atoms with Crippen LogP contribution in [0.1, 0.15) is 187 Å². The normalized spacial score (nSPS) is 14.1. The number of hydrogen-bond donors (Lipinski definition) is 3. The largest absolute Gasteiger partial charge is 0.480 e. The van der Waals surface area contributed by atoms with Crippen molar-refractivity contribution in [3.63, 3.8) is 0 Å². The Kier molecular flexibility index (Phi) is 37.0. The summed E-state index contributed by atoms with van der Waals surface area (Å²) in [4.78, 5) is 45.9. The van der Waals surface area contributed by atoms with Gasteiger partial charge in [-0.3, -0.25) is 23.4 Å². The van der Waals surface area contributed by atoms with Crippen molar-refractivity contribution in [2.45, 2.75) is 199 Å². The summed E-state index contributed by atoms with van der Waals surface area (Å²) in [5.74, 6) is -2.42. The first-order chi connectivity index (χ1) is 26.6. The third-order valence-corrected chi connectivity index (χ3v) is 10.1. The Balaban J connectivity index is 4.42. The highest BCUT2D eigenvalue weighted by Crippen LogP contribution is 2.43. The molecule has 0 bridgehead atoms. The van der Waals surface area contributed by atoms with E-state index in [1.54, 1.807) is 0 Å². The van der Waals surface area contributed by atoms with Crippen LogP contribution in [-0.2, 0) is 37.5 Å². The minimum Gasteiger partial charge on any atom is -0.480 e. The number of unbranched alkanes of at least 4 members (excludes halogenated alkanes) is 20. The van der Waals surface area contributed by atoms with Gasteiger partial charge in [-0.2, -0.15) is 0 Å². The molecule has 0 fully saturated rings. The van der Waals surface area contributed by atoms with Gasteiger partial charge < -0.3 is 25.2 Å². The number of hydrogen-bond acceptors (Lipinski definition) is 9. The van der Waals surface area contributed by atoms with Gasteiger partial charge in [-0.25, -0.2) is 4.57 Å². The summed E-state index contributed by atoms with van der Waals surface area (Å²) < 4.78 is 32.6. The molecule has 0 rings (SSSR count). The average molecular weight is 800 g/mol. The maximum absolute atomic E-state index is 12.6. The molecule has 0 spiro atoms. The Morgan fingerprint density at radius 3 is 1.47 bits per heavy atom. The smallest absolute Gasteiger partial charge is 0.472 e. The fourth-order valence-corrected chi connectivity index (χ4v) is 6.50. The van der Waals surface area contributed by atoms with E-state index in [9.17, 15) is 23.8 Å². The number of carboxylic acids is 1. The van der Waals surface area contributed by atoms with Crippen LogP contribution in [0.3, 0.4) is 0 Å². The first-order valence-electron chi connectivity index (χ1n) is 21.5. The zero-order chi connectivity index (χ0) is 40.7.